The molecule has 0 unspecified atom stereocenters. The number of carbonyl (C=O) groups excluding carboxylic acids is 1. The molecule has 2 fully saturated rings. The van der Waals surface area contributed by atoms with Crippen molar-refractivity contribution in [2.24, 2.45) is 0 Å². The summed E-state index contributed by atoms with van der Waals surface area (Å²) < 4.78 is 27.5. The number of nitrogens with one attached hydrogen (secondary N) is 1. The molecule has 1 aromatic carbocycles. The van der Waals surface area contributed by atoms with E-state index in [9.17, 15) is 13.2 Å². The first-order valence-electron chi connectivity index (χ1n) is 9.82. The molecule has 144 valence electrons. The Balaban J connectivity index is 1.74. The minimum atomic E-state index is -3.64. The summed E-state index contributed by atoms with van der Waals surface area (Å²) in [6, 6.07) is 6.69. The molecule has 26 heavy (non-hydrogen) atoms. The molecule has 1 saturated heterocycles. The summed E-state index contributed by atoms with van der Waals surface area (Å²) in [6.07, 6.45) is 6.83. The molecule has 1 atom stereocenters. The Kier molecular flexibility index (Phi) is 6.03. The molecule has 1 aliphatic heterocycles. The summed E-state index contributed by atoms with van der Waals surface area (Å²) >= 11 is 0. The first-order chi connectivity index (χ1) is 12.4. The first kappa shape index (κ1) is 19.4. The molecular weight excluding hydrogens is 348 g/mol. The maximum absolute atomic E-state index is 13.1. The Morgan fingerprint density at radius 1 is 1.04 bits per heavy atom. The molecule has 0 spiro atoms. The highest BCUT2D eigenvalue weighted by atomic mass is 32.2. The van der Waals surface area contributed by atoms with Crippen LogP contribution in [0.4, 0.5) is 0 Å². The number of carbonyl (C=O) groups is 1. The van der Waals surface area contributed by atoms with Crippen LogP contribution in [0.15, 0.2) is 29.2 Å². The van der Waals surface area contributed by atoms with Crippen LogP contribution in [0.1, 0.15) is 70.3 Å². The second kappa shape index (κ2) is 8.09. The summed E-state index contributed by atoms with van der Waals surface area (Å²) in [7, 11) is -3.64. The van der Waals surface area contributed by atoms with Crippen LogP contribution in [0.5, 0.6) is 0 Å². The zero-order chi connectivity index (χ0) is 18.7. The fraction of sp³-hybridized carbons (Fsp3) is 0.650. The third kappa shape index (κ3) is 4.12. The maximum Gasteiger partial charge on any atom is 0.243 e. The minimum Gasteiger partial charge on any atom is -0.352 e. The summed E-state index contributed by atoms with van der Waals surface area (Å²) in [5, 5.41) is 3.09. The molecule has 0 bridgehead atoms. The topological polar surface area (TPSA) is 66.5 Å². The first-order valence-corrected chi connectivity index (χ1v) is 11.3. The molecule has 5 nitrogen and oxygen atoms in total. The van der Waals surface area contributed by atoms with Crippen LogP contribution in [0.3, 0.4) is 0 Å². The van der Waals surface area contributed by atoms with Gasteiger partial charge < -0.3 is 5.32 Å². The van der Waals surface area contributed by atoms with Gasteiger partial charge in [0.05, 0.1) is 4.90 Å². The minimum absolute atomic E-state index is 0.128. The van der Waals surface area contributed by atoms with E-state index in [1.54, 1.807) is 12.1 Å². The number of nitrogens with zero attached hydrogens (tertiary/aromatic N) is 1. The van der Waals surface area contributed by atoms with Gasteiger partial charge in [0.25, 0.3) is 0 Å². The second-order valence-electron chi connectivity index (χ2n) is 7.84. The predicted octanol–water partition coefficient (Wildman–Crippen LogP) is 3.41. The van der Waals surface area contributed by atoms with Crippen molar-refractivity contribution in [1.82, 2.24) is 9.62 Å². The lowest BCUT2D eigenvalue weighted by Crippen LogP contribution is -2.49. The lowest BCUT2D eigenvalue weighted by molar-refractivity contribution is -0.125. The summed E-state index contributed by atoms with van der Waals surface area (Å²) in [6.45, 7) is 4.57. The van der Waals surface area contributed by atoms with Crippen molar-refractivity contribution in [3.05, 3.63) is 29.8 Å². The molecular formula is C20H30N2O3S. The monoisotopic (exact) mass is 378 g/mol. The van der Waals surface area contributed by atoms with E-state index < -0.39 is 16.1 Å². The van der Waals surface area contributed by atoms with Gasteiger partial charge in [-0.1, -0.05) is 45.2 Å². The van der Waals surface area contributed by atoms with Gasteiger partial charge in [-0.15, -0.1) is 0 Å². The number of benzene rings is 1. The van der Waals surface area contributed by atoms with Crippen LogP contribution >= 0.6 is 0 Å². The highest BCUT2D eigenvalue weighted by Gasteiger charge is 2.39. The predicted molar refractivity (Wildman–Crippen MR) is 102 cm³/mol. The van der Waals surface area contributed by atoms with Crippen molar-refractivity contribution >= 4 is 15.9 Å². The van der Waals surface area contributed by atoms with Crippen molar-refractivity contribution in [1.29, 1.82) is 0 Å². The van der Waals surface area contributed by atoms with E-state index in [-0.39, 0.29) is 16.8 Å². The zero-order valence-electron chi connectivity index (χ0n) is 15.8. The molecule has 2 aliphatic rings. The van der Waals surface area contributed by atoms with Gasteiger partial charge in [0.15, 0.2) is 0 Å². The van der Waals surface area contributed by atoms with Gasteiger partial charge in [0.2, 0.25) is 15.9 Å². The molecule has 1 amide bonds. The molecule has 1 heterocycles. The number of rotatable bonds is 5. The summed E-state index contributed by atoms with van der Waals surface area (Å²) in [5.74, 6) is 0.226. The Hall–Kier alpha value is -1.40. The average Bonchev–Trinajstić information content (AvgIpc) is 3.13. The van der Waals surface area contributed by atoms with E-state index >= 15 is 0 Å². The molecule has 6 heteroatoms. The third-order valence-corrected chi connectivity index (χ3v) is 7.53. The van der Waals surface area contributed by atoms with Gasteiger partial charge in [-0.25, -0.2) is 8.42 Å². The van der Waals surface area contributed by atoms with Gasteiger partial charge in [-0.3, -0.25) is 4.79 Å². The van der Waals surface area contributed by atoms with Gasteiger partial charge >= 0.3 is 0 Å². The van der Waals surface area contributed by atoms with Gasteiger partial charge in [-0.05, 0) is 49.3 Å². The van der Waals surface area contributed by atoms with Crippen LogP contribution in [0.2, 0.25) is 0 Å². The second-order valence-corrected chi connectivity index (χ2v) is 9.73. The van der Waals surface area contributed by atoms with E-state index in [0.29, 0.717) is 18.9 Å². The van der Waals surface area contributed by atoms with Crippen molar-refractivity contribution in [2.45, 2.75) is 81.7 Å². The van der Waals surface area contributed by atoms with Crippen LogP contribution in [-0.4, -0.2) is 37.3 Å². The molecule has 1 saturated carbocycles. The standard InChI is InChI=1S/C20H30N2O3S/c1-15(2)16-10-12-18(13-11-16)26(24,25)22-14-6-9-19(22)20(23)21-17-7-4-3-5-8-17/h10-13,15,17,19H,3-9,14H2,1-2H3,(H,21,23)/t19-/m1/s1. The van der Waals surface area contributed by atoms with Crippen LogP contribution in [-0.2, 0) is 14.8 Å². The fourth-order valence-corrected chi connectivity index (χ4v) is 5.65. The van der Waals surface area contributed by atoms with E-state index in [1.165, 1.54) is 10.7 Å². The van der Waals surface area contributed by atoms with E-state index in [4.69, 9.17) is 0 Å². The Morgan fingerprint density at radius 3 is 2.31 bits per heavy atom. The van der Waals surface area contributed by atoms with Crippen LogP contribution in [0.25, 0.3) is 0 Å². The molecule has 0 aromatic heterocycles. The van der Waals surface area contributed by atoms with Crippen molar-refractivity contribution in [3.63, 3.8) is 0 Å². The summed E-state index contributed by atoms with van der Waals surface area (Å²) in [5.41, 5.74) is 1.11. The van der Waals surface area contributed by atoms with Crippen LogP contribution in [0, 0.1) is 0 Å². The molecule has 0 radical (unpaired) electrons. The quantitative estimate of drug-likeness (QED) is 0.854. The van der Waals surface area contributed by atoms with E-state index in [2.05, 4.69) is 19.2 Å². The van der Waals surface area contributed by atoms with Gasteiger partial charge in [-0.2, -0.15) is 4.31 Å². The maximum atomic E-state index is 13.1. The number of hydrogen-bond acceptors (Lipinski definition) is 3. The van der Waals surface area contributed by atoms with Gasteiger partial charge in [0, 0.05) is 12.6 Å². The van der Waals surface area contributed by atoms with Crippen LogP contribution < -0.4 is 5.32 Å². The Labute approximate surface area is 157 Å². The van der Waals surface area contributed by atoms with Gasteiger partial charge in [0.1, 0.15) is 6.04 Å². The average molecular weight is 379 g/mol. The summed E-state index contributed by atoms with van der Waals surface area (Å²) in [4.78, 5) is 13.0. The number of amides is 1. The lowest BCUT2D eigenvalue weighted by Gasteiger charge is -2.28. The number of hydrogen-bond donors (Lipinski definition) is 1. The SMILES string of the molecule is CC(C)c1ccc(S(=O)(=O)N2CCC[C@@H]2C(=O)NC2CCCCC2)cc1. The van der Waals surface area contributed by atoms with Crippen molar-refractivity contribution in [2.75, 3.05) is 6.54 Å². The Bertz CT molecular complexity index is 722. The molecule has 1 N–H and O–H groups in total. The highest BCUT2D eigenvalue weighted by Crippen LogP contribution is 2.28. The van der Waals surface area contributed by atoms with Crippen molar-refractivity contribution in [3.8, 4) is 0 Å². The fourth-order valence-electron chi connectivity index (χ4n) is 3.99. The highest BCUT2D eigenvalue weighted by molar-refractivity contribution is 7.89. The normalized spacial score (nSPS) is 22.7. The van der Waals surface area contributed by atoms with Crippen molar-refractivity contribution < 1.29 is 13.2 Å². The molecule has 1 aliphatic carbocycles. The number of sulfonamides is 1. The largest absolute Gasteiger partial charge is 0.352 e. The molecule has 1 aromatic rings. The third-order valence-electron chi connectivity index (χ3n) is 5.61. The van der Waals surface area contributed by atoms with E-state index in [1.807, 2.05) is 12.1 Å². The lowest BCUT2D eigenvalue weighted by atomic mass is 9.95. The Morgan fingerprint density at radius 2 is 1.69 bits per heavy atom. The smallest absolute Gasteiger partial charge is 0.243 e. The van der Waals surface area contributed by atoms with E-state index in [0.717, 1.165) is 37.7 Å². The zero-order valence-corrected chi connectivity index (χ0v) is 16.6. The molecule has 3 rings (SSSR count).